The maximum absolute atomic E-state index is 5.14. The summed E-state index contributed by atoms with van der Waals surface area (Å²) in [5.41, 5.74) is 1.22. The molecule has 1 aromatic heterocycles. The number of benzene rings is 1. The number of rotatable bonds is 3. The fourth-order valence-corrected chi connectivity index (χ4v) is 4.50. The zero-order valence-corrected chi connectivity index (χ0v) is 11.8. The fraction of sp³-hybridized carbons (Fsp3) is 0. The summed E-state index contributed by atoms with van der Waals surface area (Å²) in [4.78, 5) is 3.51. The molecule has 2 aromatic rings. The zero-order chi connectivity index (χ0) is 11.2. The van der Waals surface area contributed by atoms with Crippen LogP contribution in [0.15, 0.2) is 47.4 Å². The second-order valence-corrected chi connectivity index (χ2v) is 7.88. The molecule has 3 heteroatoms. The van der Waals surface area contributed by atoms with Crippen LogP contribution in [0.3, 0.4) is 0 Å². The molecule has 0 saturated carbocycles. The Balaban J connectivity index is 2.00. The summed E-state index contributed by atoms with van der Waals surface area (Å²) >= 11 is 7.27. The van der Waals surface area contributed by atoms with E-state index in [0.717, 1.165) is 2.70 Å². The minimum atomic E-state index is 0.419. The van der Waals surface area contributed by atoms with Crippen LogP contribution in [0, 0.1) is 2.70 Å². The number of allylic oxidation sites excluding steroid dienone is 2. The second kappa shape index (κ2) is 6.12. The molecule has 0 N–H and O–H groups in total. The van der Waals surface area contributed by atoms with Gasteiger partial charge in [0.25, 0.3) is 0 Å². The molecule has 0 aliphatic rings. The van der Waals surface area contributed by atoms with E-state index in [2.05, 4.69) is 41.4 Å². The molecule has 80 valence electrons. The molecule has 0 fully saturated rings. The van der Waals surface area contributed by atoms with Gasteiger partial charge in [-0.05, 0) is 0 Å². The van der Waals surface area contributed by atoms with Crippen LogP contribution in [-0.4, -0.2) is 14.5 Å². The van der Waals surface area contributed by atoms with Crippen molar-refractivity contribution in [3.05, 3.63) is 60.6 Å². The maximum atomic E-state index is 5.14. The van der Waals surface area contributed by atoms with Gasteiger partial charge >= 0.3 is 111 Å². The van der Waals surface area contributed by atoms with Crippen molar-refractivity contribution in [2.24, 2.45) is 0 Å². The third-order valence-electron chi connectivity index (χ3n) is 1.93. The summed E-state index contributed by atoms with van der Waals surface area (Å²) in [5, 5.41) is 0. The van der Waals surface area contributed by atoms with Crippen LogP contribution in [0.4, 0.5) is 0 Å². The number of hydrogen-bond donors (Lipinski definition) is 0. The van der Waals surface area contributed by atoms with Crippen molar-refractivity contribution in [3.8, 4) is 0 Å². The van der Waals surface area contributed by atoms with E-state index >= 15 is 0 Å². The van der Waals surface area contributed by atoms with E-state index < -0.39 is 0 Å². The molecule has 0 aliphatic heterocycles. The SMILES string of the molecule is S=c1sc(/C=C/C=C/c2ccccc2)c[se]1. The summed E-state index contributed by atoms with van der Waals surface area (Å²) in [6.45, 7) is 0. The van der Waals surface area contributed by atoms with Gasteiger partial charge in [0.05, 0.1) is 0 Å². The Bertz CT molecular complexity index is 547. The van der Waals surface area contributed by atoms with Crippen molar-refractivity contribution in [2.45, 2.75) is 0 Å². The standard InChI is InChI=1S/C13H10S2Se/c14-13-15-12(10-16-13)9-5-4-8-11-6-2-1-3-7-11/h1-10H/b8-4+,9-5+. The average molecular weight is 309 g/mol. The summed E-state index contributed by atoms with van der Waals surface area (Å²) in [6, 6.07) is 10.3. The van der Waals surface area contributed by atoms with E-state index in [9.17, 15) is 0 Å². The minimum absolute atomic E-state index is 0.419. The van der Waals surface area contributed by atoms with Gasteiger partial charge in [0.1, 0.15) is 0 Å². The molecule has 1 aromatic carbocycles. The van der Waals surface area contributed by atoms with Crippen LogP contribution < -0.4 is 0 Å². The molecule has 0 spiro atoms. The monoisotopic (exact) mass is 310 g/mol. The van der Waals surface area contributed by atoms with Crippen molar-refractivity contribution in [1.29, 1.82) is 0 Å². The molecule has 0 amide bonds. The van der Waals surface area contributed by atoms with E-state index in [-0.39, 0.29) is 0 Å². The molecular weight excluding hydrogens is 299 g/mol. The Morgan fingerprint density at radius 2 is 1.81 bits per heavy atom. The summed E-state index contributed by atoms with van der Waals surface area (Å²) < 4.78 is 1.12. The van der Waals surface area contributed by atoms with E-state index in [4.69, 9.17) is 12.2 Å². The quantitative estimate of drug-likeness (QED) is 0.464. The molecule has 0 nitrogen and oxygen atoms in total. The van der Waals surface area contributed by atoms with Crippen molar-refractivity contribution in [2.75, 3.05) is 0 Å². The number of hydrogen-bond acceptors (Lipinski definition) is 2. The molecule has 1 heterocycles. The molecule has 16 heavy (non-hydrogen) atoms. The van der Waals surface area contributed by atoms with Crippen molar-refractivity contribution >= 4 is 50.2 Å². The van der Waals surface area contributed by atoms with E-state index in [1.54, 1.807) is 11.3 Å². The molecule has 0 radical (unpaired) electrons. The molecular formula is C13H10S2Se. The fourth-order valence-electron chi connectivity index (χ4n) is 1.21. The summed E-state index contributed by atoms with van der Waals surface area (Å²) in [5.74, 6) is 0. The van der Waals surface area contributed by atoms with Gasteiger partial charge in [-0.15, -0.1) is 0 Å². The Morgan fingerprint density at radius 3 is 2.50 bits per heavy atom. The second-order valence-electron chi connectivity index (χ2n) is 3.12. The van der Waals surface area contributed by atoms with Crippen LogP contribution >= 0.6 is 23.6 Å². The zero-order valence-electron chi connectivity index (χ0n) is 8.50. The van der Waals surface area contributed by atoms with E-state index in [1.165, 1.54) is 10.4 Å². The van der Waals surface area contributed by atoms with Gasteiger partial charge in [-0.1, -0.05) is 0 Å². The van der Waals surface area contributed by atoms with Crippen molar-refractivity contribution in [3.63, 3.8) is 0 Å². The first-order valence-electron chi connectivity index (χ1n) is 4.83. The molecule has 0 aliphatic carbocycles. The molecule has 0 atom stereocenters. The van der Waals surface area contributed by atoms with Crippen LogP contribution in [0.2, 0.25) is 0 Å². The van der Waals surface area contributed by atoms with Gasteiger partial charge < -0.3 is 0 Å². The van der Waals surface area contributed by atoms with Gasteiger partial charge in [0, 0.05) is 0 Å². The first kappa shape index (κ1) is 11.7. The van der Waals surface area contributed by atoms with E-state index in [0.29, 0.717) is 14.5 Å². The van der Waals surface area contributed by atoms with Crippen LogP contribution in [0.1, 0.15) is 10.4 Å². The van der Waals surface area contributed by atoms with Crippen molar-refractivity contribution in [1.82, 2.24) is 0 Å². The van der Waals surface area contributed by atoms with Crippen LogP contribution in [-0.2, 0) is 0 Å². The predicted octanol–water partition coefficient (Wildman–Crippen LogP) is 4.26. The summed E-state index contributed by atoms with van der Waals surface area (Å²) in [7, 11) is 0. The van der Waals surface area contributed by atoms with Crippen LogP contribution in [0.25, 0.3) is 12.2 Å². The first-order valence-corrected chi connectivity index (χ1v) is 7.90. The summed E-state index contributed by atoms with van der Waals surface area (Å²) in [6.07, 6.45) is 8.34. The van der Waals surface area contributed by atoms with E-state index in [1.807, 2.05) is 18.2 Å². The molecule has 0 bridgehead atoms. The average Bonchev–Trinajstić information content (AvgIpc) is 2.72. The van der Waals surface area contributed by atoms with Crippen LogP contribution in [0.5, 0.6) is 0 Å². The Labute approximate surface area is 110 Å². The predicted molar refractivity (Wildman–Crippen MR) is 76.6 cm³/mol. The molecule has 2 rings (SSSR count). The third kappa shape index (κ3) is 3.69. The third-order valence-corrected chi connectivity index (χ3v) is 5.88. The molecule has 0 saturated heterocycles. The topological polar surface area (TPSA) is 0 Å². The van der Waals surface area contributed by atoms with Gasteiger partial charge in [0.2, 0.25) is 0 Å². The Hall–Kier alpha value is -0.731. The van der Waals surface area contributed by atoms with Gasteiger partial charge in [-0.3, -0.25) is 0 Å². The Morgan fingerprint density at radius 1 is 1.06 bits per heavy atom. The normalized spacial score (nSPS) is 11.5. The van der Waals surface area contributed by atoms with Gasteiger partial charge in [0.15, 0.2) is 0 Å². The van der Waals surface area contributed by atoms with Crippen molar-refractivity contribution < 1.29 is 0 Å². The van der Waals surface area contributed by atoms with Gasteiger partial charge in [-0.25, -0.2) is 0 Å². The Kier molecular flexibility index (Phi) is 4.49. The van der Waals surface area contributed by atoms with Gasteiger partial charge in [-0.2, -0.15) is 0 Å². The molecule has 0 unspecified atom stereocenters. The first-order chi connectivity index (χ1) is 7.84.